The van der Waals surface area contributed by atoms with E-state index in [1.807, 2.05) is 42.5 Å². The third-order valence-electron chi connectivity index (χ3n) is 5.03. The number of aryl methyl sites for hydroxylation is 1. The summed E-state index contributed by atoms with van der Waals surface area (Å²) in [7, 11) is 1.76. The number of nitrogens with one attached hydrogen (secondary N) is 1. The molecule has 1 saturated carbocycles. The Morgan fingerprint density at radius 1 is 1.10 bits per heavy atom. The molecule has 1 N–H and O–H groups in total. The minimum absolute atomic E-state index is 0.00925. The van der Waals surface area contributed by atoms with Gasteiger partial charge >= 0.3 is 0 Å². The molecule has 1 fully saturated rings. The quantitative estimate of drug-likeness (QED) is 0.623. The Kier molecular flexibility index (Phi) is 5.88. The van der Waals surface area contributed by atoms with Crippen LogP contribution in [0.15, 0.2) is 59.1 Å². The van der Waals surface area contributed by atoms with Crippen LogP contribution in [0, 0.1) is 0 Å². The summed E-state index contributed by atoms with van der Waals surface area (Å²) in [6, 6.07) is 17.3. The molecule has 0 unspecified atom stereocenters. The van der Waals surface area contributed by atoms with Gasteiger partial charge in [-0.05, 0) is 30.5 Å². The highest BCUT2D eigenvalue weighted by Crippen LogP contribution is 2.19. The molecule has 0 radical (unpaired) electrons. The van der Waals surface area contributed by atoms with Crippen LogP contribution in [0.5, 0.6) is 0 Å². The van der Waals surface area contributed by atoms with Crippen molar-refractivity contribution in [1.29, 1.82) is 0 Å². The number of hydrogen-bond acceptors (Lipinski definition) is 5. The maximum absolute atomic E-state index is 12.5. The maximum atomic E-state index is 12.5. The molecule has 0 saturated heterocycles. The first-order valence-electron chi connectivity index (χ1n) is 10.1. The first-order chi connectivity index (χ1) is 14.6. The van der Waals surface area contributed by atoms with Crippen molar-refractivity contribution in [2.75, 3.05) is 7.05 Å². The summed E-state index contributed by atoms with van der Waals surface area (Å²) in [6.07, 6.45) is 2.81. The topological polar surface area (TPSA) is 88.3 Å². The lowest BCUT2D eigenvalue weighted by atomic mass is 10.1. The molecule has 1 aliphatic carbocycles. The number of nitrogens with zero attached hydrogens (tertiary/aromatic N) is 3. The van der Waals surface area contributed by atoms with Gasteiger partial charge in [0.15, 0.2) is 0 Å². The Morgan fingerprint density at radius 3 is 2.53 bits per heavy atom. The lowest BCUT2D eigenvalue weighted by molar-refractivity contribution is -0.130. The fourth-order valence-corrected chi connectivity index (χ4v) is 3.09. The zero-order valence-electron chi connectivity index (χ0n) is 16.9. The van der Waals surface area contributed by atoms with E-state index >= 15 is 0 Å². The summed E-state index contributed by atoms with van der Waals surface area (Å²) in [5.74, 6) is 0.923. The van der Waals surface area contributed by atoms with Gasteiger partial charge in [-0.2, -0.15) is 4.98 Å². The fourth-order valence-electron chi connectivity index (χ4n) is 3.09. The third-order valence-corrected chi connectivity index (χ3v) is 5.03. The van der Waals surface area contributed by atoms with Crippen LogP contribution in [0.25, 0.3) is 11.4 Å². The predicted octanol–water partition coefficient (Wildman–Crippen LogP) is 3.22. The van der Waals surface area contributed by atoms with Gasteiger partial charge in [-0.15, -0.1) is 0 Å². The van der Waals surface area contributed by atoms with Crippen molar-refractivity contribution in [3.63, 3.8) is 0 Å². The number of benzene rings is 2. The van der Waals surface area contributed by atoms with Gasteiger partial charge in [0.25, 0.3) is 5.91 Å². The second-order valence-corrected chi connectivity index (χ2v) is 7.57. The van der Waals surface area contributed by atoms with E-state index < -0.39 is 0 Å². The van der Waals surface area contributed by atoms with Gasteiger partial charge in [0.05, 0.1) is 0 Å². The molecule has 2 aromatic carbocycles. The van der Waals surface area contributed by atoms with Gasteiger partial charge in [-0.1, -0.05) is 47.6 Å². The molecule has 1 heterocycles. The van der Waals surface area contributed by atoms with Crippen LogP contribution in [0.1, 0.15) is 41.1 Å². The molecule has 7 heteroatoms. The van der Waals surface area contributed by atoms with Gasteiger partial charge in [0.2, 0.25) is 17.6 Å². The highest BCUT2D eigenvalue weighted by molar-refractivity contribution is 5.94. The largest absolute Gasteiger partial charge is 0.349 e. The number of amides is 2. The highest BCUT2D eigenvalue weighted by Gasteiger charge is 2.23. The highest BCUT2D eigenvalue weighted by atomic mass is 16.5. The summed E-state index contributed by atoms with van der Waals surface area (Å²) < 4.78 is 5.27. The van der Waals surface area contributed by atoms with E-state index in [-0.39, 0.29) is 18.2 Å². The fraction of sp³-hybridized carbons (Fsp3) is 0.304. The van der Waals surface area contributed by atoms with Crippen LogP contribution in [-0.4, -0.2) is 39.9 Å². The van der Waals surface area contributed by atoms with Crippen LogP contribution in [0.2, 0.25) is 0 Å². The molecule has 0 bridgehead atoms. The van der Waals surface area contributed by atoms with Gasteiger partial charge in [-0.25, -0.2) is 0 Å². The molecule has 1 aromatic heterocycles. The molecule has 154 valence electrons. The van der Waals surface area contributed by atoms with Crippen LogP contribution in [-0.2, 0) is 17.8 Å². The second kappa shape index (κ2) is 8.90. The number of carbonyl (C=O) groups excluding carboxylic acids is 2. The van der Waals surface area contributed by atoms with Crippen molar-refractivity contribution >= 4 is 11.8 Å². The van der Waals surface area contributed by atoms with Crippen molar-refractivity contribution in [3.05, 3.63) is 71.6 Å². The molecule has 4 rings (SSSR count). The molecule has 3 aromatic rings. The molecular formula is C23H24N4O3. The van der Waals surface area contributed by atoms with Crippen molar-refractivity contribution in [1.82, 2.24) is 20.4 Å². The average Bonchev–Trinajstić information content (AvgIpc) is 3.46. The maximum Gasteiger partial charge on any atom is 0.251 e. The number of rotatable bonds is 8. The minimum atomic E-state index is -0.0390. The van der Waals surface area contributed by atoms with Gasteiger partial charge < -0.3 is 14.7 Å². The van der Waals surface area contributed by atoms with E-state index in [0.717, 1.165) is 24.0 Å². The summed E-state index contributed by atoms with van der Waals surface area (Å²) in [6.45, 7) is 0.475. The zero-order chi connectivity index (χ0) is 20.9. The van der Waals surface area contributed by atoms with Crippen molar-refractivity contribution in [2.45, 2.75) is 38.3 Å². The van der Waals surface area contributed by atoms with Crippen LogP contribution >= 0.6 is 0 Å². The Hall–Kier alpha value is -3.48. The third kappa shape index (κ3) is 5.11. The van der Waals surface area contributed by atoms with E-state index in [4.69, 9.17) is 4.52 Å². The van der Waals surface area contributed by atoms with E-state index in [9.17, 15) is 9.59 Å². The molecule has 0 atom stereocenters. The summed E-state index contributed by atoms with van der Waals surface area (Å²) in [4.78, 5) is 30.5. The second-order valence-electron chi connectivity index (χ2n) is 7.57. The van der Waals surface area contributed by atoms with Crippen LogP contribution in [0.4, 0.5) is 0 Å². The average molecular weight is 404 g/mol. The van der Waals surface area contributed by atoms with Crippen molar-refractivity contribution in [2.24, 2.45) is 0 Å². The summed E-state index contributed by atoms with van der Waals surface area (Å²) in [5, 5.41) is 6.95. The van der Waals surface area contributed by atoms with Gasteiger partial charge in [0, 0.05) is 43.6 Å². The van der Waals surface area contributed by atoms with E-state index in [2.05, 4.69) is 15.5 Å². The standard InChI is InChI=1S/C23H24N4O3/c1-27(15-16-7-9-18(10-8-16)23(29)24-19-11-12-19)21(28)14-13-20-25-22(26-30-20)17-5-3-2-4-6-17/h2-10,19H,11-15H2,1H3,(H,24,29). The lowest BCUT2D eigenvalue weighted by Gasteiger charge is -2.17. The first kappa shape index (κ1) is 19.8. The zero-order valence-corrected chi connectivity index (χ0v) is 16.9. The molecule has 30 heavy (non-hydrogen) atoms. The number of aromatic nitrogens is 2. The molecule has 0 spiro atoms. The summed E-state index contributed by atoms with van der Waals surface area (Å²) >= 11 is 0. The normalized spacial score (nSPS) is 13.1. The Labute approximate surface area is 175 Å². The Balaban J connectivity index is 1.26. The van der Waals surface area contributed by atoms with Gasteiger partial charge in [-0.3, -0.25) is 9.59 Å². The van der Waals surface area contributed by atoms with Crippen LogP contribution in [0.3, 0.4) is 0 Å². The van der Waals surface area contributed by atoms with E-state index in [0.29, 0.717) is 36.3 Å². The van der Waals surface area contributed by atoms with E-state index in [1.54, 1.807) is 24.1 Å². The molecule has 2 amide bonds. The monoisotopic (exact) mass is 404 g/mol. The molecule has 1 aliphatic rings. The summed E-state index contributed by atoms with van der Waals surface area (Å²) in [5.41, 5.74) is 2.49. The predicted molar refractivity (Wildman–Crippen MR) is 111 cm³/mol. The van der Waals surface area contributed by atoms with Crippen molar-refractivity contribution in [3.8, 4) is 11.4 Å². The molecular weight excluding hydrogens is 380 g/mol. The first-order valence-corrected chi connectivity index (χ1v) is 10.1. The molecule has 7 nitrogen and oxygen atoms in total. The Bertz CT molecular complexity index is 1010. The van der Waals surface area contributed by atoms with E-state index in [1.165, 1.54) is 0 Å². The minimum Gasteiger partial charge on any atom is -0.349 e. The number of carbonyl (C=O) groups is 2. The molecule has 0 aliphatic heterocycles. The van der Waals surface area contributed by atoms with Crippen molar-refractivity contribution < 1.29 is 14.1 Å². The number of hydrogen-bond donors (Lipinski definition) is 1. The Morgan fingerprint density at radius 2 is 1.83 bits per heavy atom. The smallest absolute Gasteiger partial charge is 0.251 e. The van der Waals surface area contributed by atoms with Gasteiger partial charge in [0.1, 0.15) is 0 Å². The SMILES string of the molecule is CN(Cc1ccc(C(=O)NC2CC2)cc1)C(=O)CCc1nc(-c2ccccc2)no1. The van der Waals surface area contributed by atoms with Crippen LogP contribution < -0.4 is 5.32 Å². The lowest BCUT2D eigenvalue weighted by Crippen LogP contribution is -2.27.